The van der Waals surface area contributed by atoms with Gasteiger partial charge in [0.25, 0.3) is 0 Å². The second kappa shape index (κ2) is 8.31. The number of Topliss-reactive ketones (excluding diaryl/α,β-unsaturated/α-hetero) is 1. The molecule has 0 unspecified atom stereocenters. The minimum absolute atomic E-state index is 0.00640. The second-order valence-corrected chi connectivity index (χ2v) is 8.45. The molecule has 0 saturated carbocycles. The summed E-state index contributed by atoms with van der Waals surface area (Å²) < 4.78 is 6.24. The monoisotopic (exact) mass is 434 g/mol. The lowest BCUT2D eigenvalue weighted by atomic mass is 9.89. The molecule has 1 aliphatic heterocycles. The third-order valence-electron chi connectivity index (χ3n) is 6.37. The van der Waals surface area contributed by atoms with E-state index in [1.807, 2.05) is 47.5 Å². The van der Waals surface area contributed by atoms with Gasteiger partial charge >= 0.3 is 0 Å². The summed E-state index contributed by atoms with van der Waals surface area (Å²) in [6.07, 6.45) is 4.93. The number of amides is 1. The highest BCUT2D eigenvalue weighted by Crippen LogP contribution is 2.37. The number of carbonyl (C=O) groups excluding carboxylic acids is 2. The molecule has 2 aromatic heterocycles. The SMILES string of the molecule is O=C1CCc2cc(-c3ccc(-c4cccnc4C4CCN(C(=O)CCl)CC4)o3)ccc21. The lowest BCUT2D eigenvalue weighted by molar-refractivity contribution is -0.129. The Labute approximate surface area is 186 Å². The minimum Gasteiger partial charge on any atom is -0.456 e. The number of hydrogen-bond acceptors (Lipinski definition) is 4. The number of likely N-dealkylation sites (tertiary alicyclic amines) is 1. The Kier molecular flexibility index (Phi) is 5.36. The fourth-order valence-electron chi connectivity index (χ4n) is 4.68. The number of nitrogens with zero attached hydrogens (tertiary/aromatic N) is 2. The van der Waals surface area contributed by atoms with Gasteiger partial charge in [-0.1, -0.05) is 12.1 Å². The molecule has 0 bridgehead atoms. The zero-order valence-electron chi connectivity index (χ0n) is 17.1. The van der Waals surface area contributed by atoms with Crippen LogP contribution in [0.1, 0.15) is 46.8 Å². The van der Waals surface area contributed by atoms with Crippen molar-refractivity contribution < 1.29 is 14.0 Å². The summed E-state index contributed by atoms with van der Waals surface area (Å²) in [6.45, 7) is 1.40. The van der Waals surface area contributed by atoms with E-state index in [1.54, 1.807) is 0 Å². The van der Waals surface area contributed by atoms with Gasteiger partial charge in [0.15, 0.2) is 5.78 Å². The number of ketones is 1. The molecule has 6 heteroatoms. The van der Waals surface area contributed by atoms with Gasteiger partial charge in [-0.05, 0) is 55.2 Å². The third-order valence-corrected chi connectivity index (χ3v) is 6.60. The number of carbonyl (C=O) groups is 2. The topological polar surface area (TPSA) is 63.4 Å². The number of rotatable bonds is 4. The predicted octanol–water partition coefficient (Wildman–Crippen LogP) is 5.08. The van der Waals surface area contributed by atoms with Crippen molar-refractivity contribution in [1.29, 1.82) is 0 Å². The minimum atomic E-state index is -0.00640. The van der Waals surface area contributed by atoms with Crippen molar-refractivity contribution in [2.75, 3.05) is 19.0 Å². The van der Waals surface area contributed by atoms with Crippen LogP contribution in [0, 0.1) is 0 Å². The van der Waals surface area contributed by atoms with E-state index in [4.69, 9.17) is 16.0 Å². The van der Waals surface area contributed by atoms with E-state index in [2.05, 4.69) is 11.1 Å². The Morgan fingerprint density at radius 3 is 2.68 bits per heavy atom. The molecular weight excluding hydrogens is 412 g/mol. The second-order valence-electron chi connectivity index (χ2n) is 8.18. The molecule has 2 aliphatic rings. The number of pyridine rings is 1. The van der Waals surface area contributed by atoms with Crippen molar-refractivity contribution in [3.63, 3.8) is 0 Å². The third kappa shape index (κ3) is 3.79. The molecule has 0 N–H and O–H groups in total. The summed E-state index contributed by atoms with van der Waals surface area (Å²) in [7, 11) is 0. The molecule has 0 atom stereocenters. The summed E-state index contributed by atoms with van der Waals surface area (Å²) in [6, 6.07) is 13.9. The molecule has 5 nitrogen and oxygen atoms in total. The molecule has 3 aromatic rings. The summed E-state index contributed by atoms with van der Waals surface area (Å²) in [5, 5.41) is 0. The number of aryl methyl sites for hydroxylation is 1. The molecule has 1 amide bonds. The van der Waals surface area contributed by atoms with E-state index < -0.39 is 0 Å². The van der Waals surface area contributed by atoms with Crippen molar-refractivity contribution in [3.05, 3.63) is 65.5 Å². The maximum absolute atomic E-state index is 11.9. The summed E-state index contributed by atoms with van der Waals surface area (Å²) in [4.78, 5) is 30.3. The van der Waals surface area contributed by atoms with Gasteiger partial charge in [0, 0.05) is 48.3 Å². The van der Waals surface area contributed by atoms with Gasteiger partial charge in [0.1, 0.15) is 17.4 Å². The summed E-state index contributed by atoms with van der Waals surface area (Å²) in [5.74, 6) is 2.10. The normalized spacial score (nSPS) is 16.5. The molecule has 3 heterocycles. The fraction of sp³-hybridized carbons (Fsp3) is 0.320. The first-order valence-corrected chi connectivity index (χ1v) is 11.2. The highest BCUT2D eigenvalue weighted by atomic mass is 35.5. The highest BCUT2D eigenvalue weighted by molar-refractivity contribution is 6.27. The van der Waals surface area contributed by atoms with E-state index in [0.717, 1.165) is 58.7 Å². The zero-order chi connectivity index (χ0) is 21.4. The van der Waals surface area contributed by atoms with Crippen molar-refractivity contribution in [3.8, 4) is 22.6 Å². The first-order valence-electron chi connectivity index (χ1n) is 10.7. The maximum Gasteiger partial charge on any atom is 0.237 e. The Hall–Kier alpha value is -2.92. The molecule has 1 aliphatic carbocycles. The van der Waals surface area contributed by atoms with Gasteiger partial charge < -0.3 is 9.32 Å². The Bertz CT molecular complexity index is 1150. The van der Waals surface area contributed by atoms with Crippen LogP contribution in [-0.2, 0) is 11.2 Å². The predicted molar refractivity (Wildman–Crippen MR) is 119 cm³/mol. The smallest absolute Gasteiger partial charge is 0.237 e. The van der Waals surface area contributed by atoms with Crippen LogP contribution in [0.25, 0.3) is 22.6 Å². The lowest BCUT2D eigenvalue weighted by Crippen LogP contribution is -2.38. The quantitative estimate of drug-likeness (QED) is 0.537. The molecule has 1 saturated heterocycles. The van der Waals surface area contributed by atoms with Crippen LogP contribution < -0.4 is 0 Å². The number of piperidine rings is 1. The van der Waals surface area contributed by atoms with Gasteiger partial charge in [-0.2, -0.15) is 0 Å². The van der Waals surface area contributed by atoms with Crippen LogP contribution in [0.3, 0.4) is 0 Å². The van der Waals surface area contributed by atoms with Crippen LogP contribution >= 0.6 is 11.6 Å². The first kappa shape index (κ1) is 20.0. The Morgan fingerprint density at radius 2 is 1.87 bits per heavy atom. The van der Waals surface area contributed by atoms with Crippen LogP contribution in [0.5, 0.6) is 0 Å². The van der Waals surface area contributed by atoms with Gasteiger partial charge in [-0.25, -0.2) is 0 Å². The average Bonchev–Trinajstić information content (AvgIpc) is 3.46. The largest absolute Gasteiger partial charge is 0.456 e. The standard InChI is InChI=1S/C25H23ClN2O3/c26-15-24(30)28-12-9-16(10-13-28)25-20(2-1-11-27-25)23-8-7-22(31-23)18-3-5-19-17(14-18)4-6-21(19)29/h1-3,5,7-8,11,14,16H,4,6,9-10,12-13,15H2. The van der Waals surface area contributed by atoms with E-state index in [-0.39, 0.29) is 23.5 Å². The van der Waals surface area contributed by atoms with Crippen LogP contribution in [0.4, 0.5) is 0 Å². The number of hydrogen-bond donors (Lipinski definition) is 0. The first-order chi connectivity index (χ1) is 15.1. The lowest BCUT2D eigenvalue weighted by Gasteiger charge is -2.32. The fourth-order valence-corrected chi connectivity index (χ4v) is 4.85. The molecule has 31 heavy (non-hydrogen) atoms. The number of fused-ring (bicyclic) bond motifs is 1. The Morgan fingerprint density at radius 1 is 1.06 bits per heavy atom. The van der Waals surface area contributed by atoms with Gasteiger partial charge in [-0.3, -0.25) is 14.6 Å². The van der Waals surface area contributed by atoms with E-state index >= 15 is 0 Å². The number of benzene rings is 1. The molecule has 5 rings (SSSR count). The molecule has 0 radical (unpaired) electrons. The average molecular weight is 435 g/mol. The summed E-state index contributed by atoms with van der Waals surface area (Å²) in [5.41, 5.74) is 4.93. The van der Waals surface area contributed by atoms with Crippen LogP contribution in [-0.4, -0.2) is 40.5 Å². The van der Waals surface area contributed by atoms with E-state index in [0.29, 0.717) is 19.5 Å². The number of alkyl halides is 1. The number of furan rings is 1. The number of aromatic nitrogens is 1. The van der Waals surface area contributed by atoms with Crippen molar-refractivity contribution >= 4 is 23.3 Å². The van der Waals surface area contributed by atoms with Gasteiger partial charge in [0.2, 0.25) is 5.91 Å². The molecule has 0 spiro atoms. The Balaban J connectivity index is 1.40. The maximum atomic E-state index is 11.9. The van der Waals surface area contributed by atoms with E-state index in [1.165, 1.54) is 0 Å². The number of halogens is 1. The molecule has 1 aromatic carbocycles. The molecular formula is C25H23ClN2O3. The zero-order valence-corrected chi connectivity index (χ0v) is 17.9. The van der Waals surface area contributed by atoms with Gasteiger partial charge in [0.05, 0.1) is 5.69 Å². The van der Waals surface area contributed by atoms with Crippen LogP contribution in [0.15, 0.2) is 53.1 Å². The van der Waals surface area contributed by atoms with Crippen molar-refractivity contribution in [2.45, 2.75) is 31.6 Å². The van der Waals surface area contributed by atoms with E-state index in [9.17, 15) is 9.59 Å². The summed E-state index contributed by atoms with van der Waals surface area (Å²) >= 11 is 5.70. The van der Waals surface area contributed by atoms with Gasteiger partial charge in [-0.15, -0.1) is 11.6 Å². The van der Waals surface area contributed by atoms with Crippen LogP contribution in [0.2, 0.25) is 0 Å². The molecule has 158 valence electrons. The van der Waals surface area contributed by atoms with Crippen molar-refractivity contribution in [1.82, 2.24) is 9.88 Å². The highest BCUT2D eigenvalue weighted by Gasteiger charge is 2.27. The molecule has 1 fully saturated rings. The van der Waals surface area contributed by atoms with Crippen molar-refractivity contribution in [2.24, 2.45) is 0 Å².